The lowest BCUT2D eigenvalue weighted by Gasteiger charge is -2.38. The van der Waals surface area contributed by atoms with Gasteiger partial charge in [-0.1, -0.05) is 235 Å². The van der Waals surface area contributed by atoms with Crippen molar-refractivity contribution in [3.05, 3.63) is 455 Å². The summed E-state index contributed by atoms with van der Waals surface area (Å²) in [6.45, 7) is 38.5. The monoisotopic (exact) mass is 2030 g/mol. The molecule has 0 bridgehead atoms. The highest BCUT2D eigenvalue weighted by atomic mass is 35.5. The number of amides is 2. The Morgan fingerprint density at radius 3 is 1.63 bits per heavy atom. The molecule has 150 heavy (non-hydrogen) atoms. The first-order valence-electron chi connectivity index (χ1n) is 51.3. The number of sulfonamides is 1. The van der Waals surface area contributed by atoms with E-state index in [0.717, 1.165) is 141 Å². The standard InChI is InChI=1S/C13H17N.C13H19N.C12H13NO.C12H15N.C12H12.C10H8ClN.C10H11F.C10H12N2O3S.2C10H9N.2C9H8N2/c1-10-3-4-11-8-13(5-6-13)9-14(2)12(11)7-10;1-10-5-6-12-11(7-10)8-14(4)9-13(12,2)3;1-8-4-5-11-10(6-8)12(14)9(2)7-13(11)3;1-9-4-5-12-11(6-9)7-10(2)8-13(12)3;1-9-3-5-12-8-10(2)4-6-11(12)7-9;1-7-4-9-5-10(11)3-2-8(9)6-12-7;1-7-5-8-3-2-4-9(8)6-10(7)11;1-7-4-5-8-9(6-7)16(14,15)12(3)10(13)11(8)2;1-8-6-9-4-2-3-5-10(9)11-7-8;1-8-6-7-9-4-2-3-5-10(9)11-8;1-7-10-6-8-4-2-3-5-9(8)11-7;1-7-6-10-8-4-2-3-5-9(8)11-7/h3-4,7H,5-6,8-9H2,1-2H3;5-7H,8-9H2,1-4H3;4-7H,1-3H3;4-6,8H,7H2,1-3H3;3-8H,1-2H3;2-6H,1H3;5-6H,2-4H2,1H3;4-6H,1-3H3;2*2-7H,1H3;2*2-6H,1H3. The Morgan fingerprint density at radius 1 is 0.393 bits per heavy atom. The van der Waals surface area contributed by atoms with Crippen LogP contribution >= 0.6 is 11.6 Å². The van der Waals surface area contributed by atoms with Crippen molar-refractivity contribution in [3.63, 3.8) is 0 Å². The number of likely N-dealkylation sites (N-methyl/N-ethyl adjacent to an activating group) is 1. The molecule has 1 spiro atoms. The molecule has 0 saturated heterocycles. The second-order valence-electron chi connectivity index (χ2n) is 41.6. The lowest BCUT2D eigenvalue weighted by atomic mass is 9.78. The fourth-order valence-electron chi connectivity index (χ4n) is 19.6. The van der Waals surface area contributed by atoms with Crippen molar-refractivity contribution >= 4 is 121 Å². The van der Waals surface area contributed by atoms with Gasteiger partial charge in [0.1, 0.15) is 16.5 Å². The van der Waals surface area contributed by atoms with Gasteiger partial charge in [-0.3, -0.25) is 29.6 Å². The van der Waals surface area contributed by atoms with E-state index in [0.29, 0.717) is 16.5 Å². The molecule has 25 rings (SSSR count). The van der Waals surface area contributed by atoms with Crippen LogP contribution in [0.25, 0.3) is 76.2 Å². The first kappa shape index (κ1) is 111. The van der Waals surface area contributed by atoms with Crippen LogP contribution in [0.3, 0.4) is 0 Å². The van der Waals surface area contributed by atoms with Gasteiger partial charge in [0, 0.05) is 158 Å². The van der Waals surface area contributed by atoms with Crippen LogP contribution in [-0.4, -0.2) is 111 Å². The Bertz CT molecular complexity index is 7910. The van der Waals surface area contributed by atoms with E-state index in [2.05, 4.69) is 255 Å². The minimum atomic E-state index is -3.68. The second kappa shape index (κ2) is 49.4. The quantitative estimate of drug-likeness (QED) is 0.140. The zero-order valence-electron chi connectivity index (χ0n) is 91.2. The van der Waals surface area contributed by atoms with E-state index in [-0.39, 0.29) is 16.1 Å². The van der Waals surface area contributed by atoms with Gasteiger partial charge in [0.05, 0.1) is 44.5 Å². The van der Waals surface area contributed by atoms with Crippen molar-refractivity contribution in [1.29, 1.82) is 0 Å². The summed E-state index contributed by atoms with van der Waals surface area (Å²) in [7, 11) is 7.64. The van der Waals surface area contributed by atoms with E-state index in [9.17, 15) is 22.4 Å². The summed E-state index contributed by atoms with van der Waals surface area (Å²) < 4.78 is 39.7. The third-order valence-corrected chi connectivity index (χ3v) is 29.5. The molecule has 19 aromatic rings. The number of halogens is 2. The maximum Gasteiger partial charge on any atom is 0.337 e. The number of hydrogen-bond acceptors (Lipinski definition) is 14. The first-order chi connectivity index (χ1) is 71.5. The molecule has 13 aromatic carbocycles. The van der Waals surface area contributed by atoms with Gasteiger partial charge in [0.15, 0.2) is 5.43 Å². The Balaban J connectivity index is 0.000000129. The van der Waals surface area contributed by atoms with Gasteiger partial charge in [-0.2, -0.15) is 0 Å². The Hall–Kier alpha value is -15.0. The minimum absolute atomic E-state index is 0.0503. The van der Waals surface area contributed by atoms with E-state index >= 15 is 0 Å². The number of fused-ring (bicyclic) bond motifs is 12. The maximum atomic E-state index is 13.0. The van der Waals surface area contributed by atoms with Crippen LogP contribution < -0.4 is 20.1 Å². The molecule has 770 valence electrons. The second-order valence-corrected chi connectivity index (χ2v) is 43.9. The molecule has 6 aliphatic rings. The van der Waals surface area contributed by atoms with E-state index in [4.69, 9.17) is 11.6 Å². The zero-order chi connectivity index (χ0) is 108. The van der Waals surface area contributed by atoms with Crippen LogP contribution in [0.4, 0.5) is 26.2 Å². The molecule has 0 atom stereocenters. The molecule has 6 aromatic heterocycles. The van der Waals surface area contributed by atoms with Crippen molar-refractivity contribution in [1.82, 2.24) is 48.7 Å². The summed E-state index contributed by atoms with van der Waals surface area (Å²) in [5.74, 6) is 0.773. The van der Waals surface area contributed by atoms with Gasteiger partial charge in [-0.25, -0.2) is 36.9 Å². The van der Waals surface area contributed by atoms with Crippen LogP contribution in [0.15, 0.2) is 332 Å². The molecule has 10 heterocycles. The average molecular weight is 2040 g/mol. The summed E-state index contributed by atoms with van der Waals surface area (Å²) in [5.41, 5.74) is 35.0. The zero-order valence-corrected chi connectivity index (χ0v) is 92.8. The molecule has 17 nitrogen and oxygen atoms in total. The number of rotatable bonds is 0. The van der Waals surface area contributed by atoms with Crippen LogP contribution in [-0.2, 0) is 54.7 Å². The number of benzene rings is 13. The number of aromatic nitrogens is 8. The molecule has 1 fully saturated rings. The minimum Gasteiger partial charge on any atom is -0.374 e. The number of carbonyl (C=O) groups excluding carboxylic acids is 1. The normalized spacial score (nSPS) is 14.1. The van der Waals surface area contributed by atoms with Crippen molar-refractivity contribution in [2.75, 3.05) is 63.0 Å². The number of nitrogens with zero attached hydrogens (tertiary/aromatic N) is 13. The SMILES string of the molecule is CC1=CN(C)c2ccc(C)cc2C1.Cc1cc2c(cc1F)CCC2.Cc1cc2cc(Cl)ccc2cn1.Cc1ccc2c(c1)CN(C)CC2(C)C.Cc1ccc2c(c1)N(C)CC1(CC1)C2.Cc1ccc2c(c1)S(=O)(=O)N(C)C(=O)N2C.Cc1ccc2c(c1)c(=O)c(C)cn2C.Cc1ccc2cc(C)ccc2c1.Cc1ccc2ccccc2n1.Cc1cnc2ccccc2c1.Cc1cnc2ccccc2n1.Cc1ncc2ccccc2n1. The summed E-state index contributed by atoms with van der Waals surface area (Å²) in [5, 5.41) is 10.0. The summed E-state index contributed by atoms with van der Waals surface area (Å²) in [6, 6.07) is 93.8. The van der Waals surface area contributed by atoms with Gasteiger partial charge >= 0.3 is 6.03 Å². The summed E-state index contributed by atoms with van der Waals surface area (Å²) in [4.78, 5) is 61.8. The number of hydrogen-bond donors (Lipinski definition) is 0. The van der Waals surface area contributed by atoms with Gasteiger partial charge in [-0.15, -0.1) is 0 Å². The highest BCUT2D eigenvalue weighted by Gasteiger charge is 2.46. The smallest absolute Gasteiger partial charge is 0.337 e. The fraction of sp³-hybridized carbons (Fsp3) is 0.269. The van der Waals surface area contributed by atoms with Crippen LogP contribution in [0.5, 0.6) is 0 Å². The lowest BCUT2D eigenvalue weighted by molar-refractivity contribution is 0.234. The number of pyridine rings is 4. The molecule has 1 saturated carbocycles. The fourth-order valence-corrected chi connectivity index (χ4v) is 21.2. The molecule has 0 N–H and O–H groups in total. The Kier molecular flexibility index (Phi) is 36.4. The number of anilines is 3. The van der Waals surface area contributed by atoms with Gasteiger partial charge in [-0.05, 0) is 336 Å². The molecular formula is C130H141ClFN13O4S. The van der Waals surface area contributed by atoms with E-state index in [1.165, 1.54) is 144 Å². The van der Waals surface area contributed by atoms with Crippen LogP contribution in [0.2, 0.25) is 5.02 Å². The number of aryl methyl sites for hydroxylation is 17. The van der Waals surface area contributed by atoms with Crippen molar-refractivity contribution in [2.24, 2.45) is 12.5 Å². The van der Waals surface area contributed by atoms with Crippen molar-refractivity contribution < 1.29 is 17.6 Å². The van der Waals surface area contributed by atoms with Crippen molar-refractivity contribution in [3.8, 4) is 0 Å². The highest BCUT2D eigenvalue weighted by molar-refractivity contribution is 7.90. The molecule has 2 aliphatic carbocycles. The van der Waals surface area contributed by atoms with Gasteiger partial charge in [0.2, 0.25) is 0 Å². The van der Waals surface area contributed by atoms with Crippen LogP contribution in [0, 0.1) is 108 Å². The highest BCUT2D eigenvalue weighted by Crippen LogP contribution is 2.53. The molecule has 0 unspecified atom stereocenters. The third-order valence-electron chi connectivity index (χ3n) is 27.5. The Morgan fingerprint density at radius 2 is 0.933 bits per heavy atom. The number of allylic oxidation sites excluding steroid dienone is 1. The van der Waals surface area contributed by atoms with E-state index < -0.39 is 16.1 Å². The molecular weight excluding hydrogens is 1890 g/mol. The molecule has 20 heteroatoms. The number of para-hydroxylation sites is 5. The van der Waals surface area contributed by atoms with Gasteiger partial charge in [0.25, 0.3) is 10.0 Å². The predicted molar refractivity (Wildman–Crippen MR) is 626 cm³/mol. The first-order valence-corrected chi connectivity index (χ1v) is 53.1. The Labute approximate surface area is 890 Å². The topological polar surface area (TPSA) is 180 Å². The van der Waals surface area contributed by atoms with Crippen molar-refractivity contribution in [2.45, 2.75) is 180 Å². The maximum absolute atomic E-state index is 13.0. The van der Waals surface area contributed by atoms with E-state index in [1.54, 1.807) is 43.1 Å². The van der Waals surface area contributed by atoms with Crippen LogP contribution in [0.1, 0.15) is 152 Å². The molecule has 0 radical (unpaired) electrons. The lowest BCUT2D eigenvalue weighted by Crippen LogP contribution is -2.46. The number of carbonyl (C=O) groups is 1. The number of urea groups is 1. The average Bonchev–Trinajstić information content (AvgIpc) is 1.07. The van der Waals surface area contributed by atoms with E-state index in [1.807, 2.05) is 231 Å². The summed E-state index contributed by atoms with van der Waals surface area (Å²) >= 11 is 5.85. The predicted octanol–water partition coefficient (Wildman–Crippen LogP) is 30.0. The summed E-state index contributed by atoms with van der Waals surface area (Å²) in [6.07, 6.45) is 20.1. The largest absolute Gasteiger partial charge is 0.374 e. The van der Waals surface area contributed by atoms with Gasteiger partial charge < -0.3 is 19.3 Å². The third kappa shape index (κ3) is 29.1. The molecule has 4 aliphatic heterocycles. The molecule has 2 amide bonds.